The van der Waals surface area contributed by atoms with Crippen LogP contribution in [0, 0.1) is 12.7 Å². The van der Waals surface area contributed by atoms with Gasteiger partial charge >= 0.3 is 6.03 Å². The number of urea groups is 1. The molecule has 128 valence electrons. The number of aliphatic hydroxyl groups excluding tert-OH is 1. The van der Waals surface area contributed by atoms with E-state index in [0.717, 1.165) is 23.3 Å². The molecule has 2 N–H and O–H groups in total. The number of halogens is 1. The summed E-state index contributed by atoms with van der Waals surface area (Å²) in [4.78, 5) is 20.6. The molecule has 0 radical (unpaired) electrons. The van der Waals surface area contributed by atoms with Crippen molar-refractivity contribution in [3.05, 3.63) is 46.2 Å². The van der Waals surface area contributed by atoms with Gasteiger partial charge in [-0.05, 0) is 31.0 Å². The van der Waals surface area contributed by atoms with Crippen LogP contribution in [0.3, 0.4) is 0 Å². The summed E-state index contributed by atoms with van der Waals surface area (Å²) in [5, 5.41) is 19.1. The molecule has 1 aliphatic rings. The number of nitrogens with zero attached hydrogens (tertiary/aromatic N) is 3. The van der Waals surface area contributed by atoms with E-state index < -0.39 is 6.29 Å². The number of aromatic nitrogens is 1. The van der Waals surface area contributed by atoms with E-state index >= 15 is 0 Å². The number of rotatable bonds is 4. The molecule has 1 saturated heterocycles. The summed E-state index contributed by atoms with van der Waals surface area (Å²) in [7, 11) is 0. The van der Waals surface area contributed by atoms with Crippen LogP contribution in [0.25, 0.3) is 0 Å². The van der Waals surface area contributed by atoms with Crippen LogP contribution >= 0.6 is 11.3 Å². The molecule has 1 aromatic heterocycles. The van der Waals surface area contributed by atoms with Crippen LogP contribution in [-0.4, -0.2) is 39.2 Å². The van der Waals surface area contributed by atoms with Crippen LogP contribution in [0.15, 0.2) is 24.3 Å². The molecule has 1 fully saturated rings. The van der Waals surface area contributed by atoms with Gasteiger partial charge < -0.3 is 15.1 Å². The van der Waals surface area contributed by atoms with Crippen molar-refractivity contribution in [1.82, 2.24) is 9.88 Å². The van der Waals surface area contributed by atoms with Crippen molar-refractivity contribution in [2.24, 2.45) is 0 Å². The van der Waals surface area contributed by atoms with Gasteiger partial charge in [0.05, 0.1) is 10.6 Å². The van der Waals surface area contributed by atoms with E-state index in [1.165, 1.54) is 12.1 Å². The fraction of sp³-hybridized carbons (Fsp3) is 0.375. The number of carbonyl (C=O) groups excluding carboxylic acids is 1. The summed E-state index contributed by atoms with van der Waals surface area (Å²) in [5.41, 5.74) is 1.36. The molecule has 6 nitrogen and oxygen atoms in total. The minimum absolute atomic E-state index is 0.182. The van der Waals surface area contributed by atoms with Gasteiger partial charge in [-0.1, -0.05) is 23.5 Å². The SMILES string of the molecule is Cc1nc(N2CCCN(Cc3ccc(F)cc3)C2=O)sc1C(O)O. The van der Waals surface area contributed by atoms with E-state index in [4.69, 9.17) is 0 Å². The number of aryl methyl sites for hydroxylation is 1. The fourth-order valence-electron chi connectivity index (χ4n) is 2.66. The van der Waals surface area contributed by atoms with Crippen molar-refractivity contribution in [2.75, 3.05) is 18.0 Å². The Labute approximate surface area is 142 Å². The third-order valence-corrected chi connectivity index (χ3v) is 5.10. The summed E-state index contributed by atoms with van der Waals surface area (Å²) in [6, 6.07) is 5.89. The van der Waals surface area contributed by atoms with E-state index in [1.807, 2.05) is 0 Å². The maximum Gasteiger partial charge on any atom is 0.326 e. The van der Waals surface area contributed by atoms with Gasteiger partial charge in [0.15, 0.2) is 11.4 Å². The number of amides is 2. The van der Waals surface area contributed by atoms with Crippen LogP contribution in [0.1, 0.15) is 28.8 Å². The zero-order chi connectivity index (χ0) is 17.3. The first kappa shape index (κ1) is 16.8. The highest BCUT2D eigenvalue weighted by Gasteiger charge is 2.29. The topological polar surface area (TPSA) is 76.9 Å². The maximum absolute atomic E-state index is 13.0. The molecule has 0 unspecified atom stereocenters. The quantitative estimate of drug-likeness (QED) is 0.830. The van der Waals surface area contributed by atoms with Crippen LogP contribution in [0.4, 0.5) is 14.3 Å². The Balaban J connectivity index is 1.77. The summed E-state index contributed by atoms with van der Waals surface area (Å²) < 4.78 is 13.0. The predicted octanol–water partition coefficient (Wildman–Crippen LogP) is 2.41. The van der Waals surface area contributed by atoms with Gasteiger partial charge in [0, 0.05) is 19.6 Å². The van der Waals surface area contributed by atoms with Crippen molar-refractivity contribution in [3.63, 3.8) is 0 Å². The molecular formula is C16H18FN3O3S. The average Bonchev–Trinajstić information content (AvgIpc) is 2.93. The highest BCUT2D eigenvalue weighted by atomic mass is 32.1. The van der Waals surface area contributed by atoms with Gasteiger partial charge in [-0.15, -0.1) is 0 Å². The lowest BCUT2D eigenvalue weighted by Gasteiger charge is -2.34. The average molecular weight is 351 g/mol. The Bertz CT molecular complexity index is 733. The Hall–Kier alpha value is -2.03. The standard InChI is InChI=1S/C16H18FN3O3S/c1-10-13(14(21)22)24-15(18-10)20-8-2-7-19(16(20)23)9-11-3-5-12(17)6-4-11/h3-6,14,21-22H,2,7-9H2,1H3. The highest BCUT2D eigenvalue weighted by molar-refractivity contribution is 7.16. The molecule has 8 heteroatoms. The van der Waals surface area contributed by atoms with E-state index in [9.17, 15) is 19.4 Å². The molecule has 2 heterocycles. The van der Waals surface area contributed by atoms with Gasteiger partial charge in [-0.3, -0.25) is 4.90 Å². The molecule has 0 bridgehead atoms. The third-order valence-electron chi connectivity index (χ3n) is 3.88. The molecular weight excluding hydrogens is 333 g/mol. The molecule has 1 aromatic carbocycles. The number of hydrogen-bond donors (Lipinski definition) is 2. The van der Waals surface area contributed by atoms with E-state index in [0.29, 0.717) is 35.3 Å². The Morgan fingerprint density at radius 2 is 2.00 bits per heavy atom. The molecule has 0 aliphatic carbocycles. The van der Waals surface area contributed by atoms with E-state index in [1.54, 1.807) is 28.9 Å². The van der Waals surface area contributed by atoms with Crippen LogP contribution < -0.4 is 4.90 Å². The van der Waals surface area contributed by atoms with Gasteiger partial charge in [-0.2, -0.15) is 0 Å². The first-order valence-electron chi connectivity index (χ1n) is 7.60. The van der Waals surface area contributed by atoms with Crippen LogP contribution in [0.2, 0.25) is 0 Å². The molecule has 3 rings (SSSR count). The molecule has 2 aromatic rings. The first-order chi connectivity index (χ1) is 11.5. The smallest absolute Gasteiger partial charge is 0.326 e. The van der Waals surface area contributed by atoms with Gasteiger partial charge in [0.25, 0.3) is 0 Å². The Kier molecular flexibility index (Phi) is 4.79. The number of aliphatic hydroxyl groups is 2. The van der Waals surface area contributed by atoms with Crippen molar-refractivity contribution in [2.45, 2.75) is 26.2 Å². The number of hydrogen-bond acceptors (Lipinski definition) is 5. The zero-order valence-electron chi connectivity index (χ0n) is 13.1. The third kappa shape index (κ3) is 3.40. The van der Waals surface area contributed by atoms with E-state index in [2.05, 4.69) is 4.98 Å². The monoisotopic (exact) mass is 351 g/mol. The maximum atomic E-state index is 13.0. The zero-order valence-corrected chi connectivity index (χ0v) is 14.0. The normalized spacial score (nSPS) is 15.5. The second-order valence-corrected chi connectivity index (χ2v) is 6.66. The van der Waals surface area contributed by atoms with Gasteiger partial charge in [0.1, 0.15) is 5.82 Å². The molecule has 1 aliphatic heterocycles. The number of carbonyl (C=O) groups is 1. The molecule has 0 atom stereocenters. The lowest BCUT2D eigenvalue weighted by atomic mass is 10.2. The minimum Gasteiger partial charge on any atom is -0.364 e. The lowest BCUT2D eigenvalue weighted by molar-refractivity contribution is -0.0401. The molecule has 24 heavy (non-hydrogen) atoms. The second kappa shape index (κ2) is 6.84. The van der Waals surface area contributed by atoms with E-state index in [-0.39, 0.29) is 11.8 Å². The van der Waals surface area contributed by atoms with Crippen molar-refractivity contribution in [1.29, 1.82) is 0 Å². The Morgan fingerprint density at radius 1 is 1.29 bits per heavy atom. The van der Waals surface area contributed by atoms with Crippen molar-refractivity contribution >= 4 is 22.5 Å². The van der Waals surface area contributed by atoms with Crippen LogP contribution in [0.5, 0.6) is 0 Å². The first-order valence-corrected chi connectivity index (χ1v) is 8.41. The summed E-state index contributed by atoms with van der Waals surface area (Å²) in [5.74, 6) is -0.307. The second-order valence-electron chi connectivity index (χ2n) is 5.66. The number of anilines is 1. The lowest BCUT2D eigenvalue weighted by Crippen LogP contribution is -2.49. The van der Waals surface area contributed by atoms with Gasteiger partial charge in [-0.25, -0.2) is 14.2 Å². The molecule has 2 amide bonds. The Morgan fingerprint density at radius 3 is 2.62 bits per heavy atom. The van der Waals surface area contributed by atoms with Crippen molar-refractivity contribution in [3.8, 4) is 0 Å². The number of thiazole rings is 1. The predicted molar refractivity (Wildman–Crippen MR) is 88.2 cm³/mol. The highest BCUT2D eigenvalue weighted by Crippen LogP contribution is 2.31. The molecule has 0 spiro atoms. The molecule has 0 saturated carbocycles. The fourth-order valence-corrected chi connectivity index (χ4v) is 3.62. The minimum atomic E-state index is -1.59. The largest absolute Gasteiger partial charge is 0.364 e. The number of benzene rings is 1. The summed E-state index contributed by atoms with van der Waals surface area (Å²) in [6.07, 6.45) is -0.811. The van der Waals surface area contributed by atoms with Gasteiger partial charge in [0.2, 0.25) is 0 Å². The summed E-state index contributed by atoms with van der Waals surface area (Å²) >= 11 is 1.11. The summed E-state index contributed by atoms with van der Waals surface area (Å²) in [6.45, 7) is 3.23. The van der Waals surface area contributed by atoms with Crippen LogP contribution in [-0.2, 0) is 6.54 Å². The van der Waals surface area contributed by atoms with Crippen molar-refractivity contribution < 1.29 is 19.4 Å².